The molecule has 178 valence electrons. The lowest BCUT2D eigenvalue weighted by atomic mass is 10.0. The summed E-state index contributed by atoms with van der Waals surface area (Å²) in [6, 6.07) is 12.5. The molecule has 0 spiro atoms. The van der Waals surface area contributed by atoms with Crippen LogP contribution >= 0.6 is 0 Å². The third kappa shape index (κ3) is 4.52. The molecule has 1 aromatic heterocycles. The monoisotopic (exact) mass is 479 g/mol. The lowest BCUT2D eigenvalue weighted by Crippen LogP contribution is -2.27. The molecular weight excluding hydrogens is 450 g/mol. The summed E-state index contributed by atoms with van der Waals surface area (Å²) in [6.07, 6.45) is 5.96. The minimum Gasteiger partial charge on any atom is -0.493 e. The first kappa shape index (κ1) is 22.8. The summed E-state index contributed by atoms with van der Waals surface area (Å²) in [7, 11) is -3.23. The van der Waals surface area contributed by atoms with Crippen molar-refractivity contribution in [3.8, 4) is 16.9 Å². The summed E-state index contributed by atoms with van der Waals surface area (Å²) >= 11 is 0. The first-order valence-corrected chi connectivity index (χ1v) is 13.5. The van der Waals surface area contributed by atoms with Gasteiger partial charge < -0.3 is 14.7 Å². The zero-order chi connectivity index (χ0) is 23.9. The van der Waals surface area contributed by atoms with E-state index < -0.39 is 9.84 Å². The van der Waals surface area contributed by atoms with Crippen molar-refractivity contribution in [3.63, 3.8) is 0 Å². The van der Waals surface area contributed by atoms with Crippen LogP contribution in [0.2, 0.25) is 0 Å². The number of rotatable bonds is 8. The van der Waals surface area contributed by atoms with Gasteiger partial charge in [0.25, 0.3) is 0 Å². The Hall–Kier alpha value is -2.97. The van der Waals surface area contributed by atoms with E-state index in [0.717, 1.165) is 47.7 Å². The summed E-state index contributed by atoms with van der Waals surface area (Å²) in [6.45, 7) is 4.52. The maximum atomic E-state index is 11.7. The van der Waals surface area contributed by atoms with Crippen molar-refractivity contribution in [2.45, 2.75) is 24.8 Å². The molecule has 2 unspecified atom stereocenters. The fourth-order valence-corrected chi connectivity index (χ4v) is 5.49. The lowest BCUT2D eigenvalue weighted by Gasteiger charge is -2.20. The molecule has 2 aliphatic rings. The van der Waals surface area contributed by atoms with Crippen LogP contribution in [0.5, 0.6) is 5.75 Å². The molecule has 1 N–H and O–H groups in total. The maximum Gasteiger partial charge on any atom is 0.225 e. The van der Waals surface area contributed by atoms with Crippen LogP contribution < -0.4 is 9.64 Å². The number of sulfone groups is 1. The lowest BCUT2D eigenvalue weighted by molar-refractivity contribution is 0.252. The topological polar surface area (TPSA) is 92.6 Å². The Kier molecular flexibility index (Phi) is 6.04. The standard InChI is InChI=1S/C26H29N3O4S/c1-3-17-11-27-26(28-12-17)29-13-22-23(14-29)24(22)16-33-25-9-6-19(10-20(25)15-30)18-4-7-21(8-5-18)34(2,31)32/h4-12,22-24,30H,3,13-16H2,1-2H3. The normalized spacial score (nSPS) is 21.4. The van der Waals surface area contributed by atoms with Crippen LogP contribution in [0.4, 0.5) is 5.95 Å². The van der Waals surface area contributed by atoms with Gasteiger partial charge in [0, 0.05) is 43.2 Å². The highest BCUT2D eigenvalue weighted by Crippen LogP contribution is 2.52. The fraction of sp³-hybridized carbons (Fsp3) is 0.385. The highest BCUT2D eigenvalue weighted by molar-refractivity contribution is 7.90. The third-order valence-corrected chi connectivity index (χ3v) is 8.16. The molecule has 34 heavy (non-hydrogen) atoms. The molecular formula is C26H29N3O4S. The number of anilines is 1. The Bertz CT molecular complexity index is 1260. The van der Waals surface area contributed by atoms with Crippen molar-refractivity contribution in [2.75, 3.05) is 30.9 Å². The predicted molar refractivity (Wildman–Crippen MR) is 130 cm³/mol. The number of aryl methyl sites for hydroxylation is 1. The molecule has 0 amide bonds. The zero-order valence-corrected chi connectivity index (χ0v) is 20.2. The van der Waals surface area contributed by atoms with Gasteiger partial charge in [-0.25, -0.2) is 18.4 Å². The van der Waals surface area contributed by atoms with Crippen LogP contribution in [0, 0.1) is 17.8 Å². The van der Waals surface area contributed by atoms with Gasteiger partial charge in [-0.05, 0) is 59.2 Å². The largest absolute Gasteiger partial charge is 0.493 e. The Morgan fingerprint density at radius 3 is 2.26 bits per heavy atom. The minimum absolute atomic E-state index is 0.124. The van der Waals surface area contributed by atoms with E-state index in [0.29, 0.717) is 30.1 Å². The number of aromatic nitrogens is 2. The van der Waals surface area contributed by atoms with Gasteiger partial charge in [-0.1, -0.05) is 25.1 Å². The number of hydrogen-bond donors (Lipinski definition) is 1. The van der Waals surface area contributed by atoms with Crippen molar-refractivity contribution in [1.29, 1.82) is 0 Å². The van der Waals surface area contributed by atoms with Gasteiger partial charge in [0.15, 0.2) is 9.84 Å². The van der Waals surface area contributed by atoms with Crippen LogP contribution in [-0.2, 0) is 22.9 Å². The van der Waals surface area contributed by atoms with Crippen molar-refractivity contribution in [3.05, 3.63) is 66.0 Å². The number of fused-ring (bicyclic) bond motifs is 1. The maximum absolute atomic E-state index is 11.7. The number of hydrogen-bond acceptors (Lipinski definition) is 7. The first-order valence-electron chi connectivity index (χ1n) is 11.6. The molecule has 2 fully saturated rings. The van der Waals surface area contributed by atoms with E-state index in [-0.39, 0.29) is 11.5 Å². The molecule has 5 rings (SSSR count). The molecule has 7 nitrogen and oxygen atoms in total. The average molecular weight is 480 g/mol. The SMILES string of the molecule is CCc1cnc(N2CC3C(COc4ccc(-c5ccc(S(C)(=O)=O)cc5)cc4CO)C3C2)nc1. The Labute approximate surface area is 200 Å². The summed E-state index contributed by atoms with van der Waals surface area (Å²) in [5.41, 5.74) is 3.67. The predicted octanol–water partition coefficient (Wildman–Crippen LogP) is 3.36. The highest BCUT2D eigenvalue weighted by atomic mass is 32.2. The third-order valence-electron chi connectivity index (χ3n) is 7.03. The van der Waals surface area contributed by atoms with Gasteiger partial charge in [-0.3, -0.25) is 0 Å². The van der Waals surface area contributed by atoms with Gasteiger partial charge in [-0.15, -0.1) is 0 Å². The first-order chi connectivity index (χ1) is 16.4. The molecule has 1 saturated heterocycles. The zero-order valence-electron chi connectivity index (χ0n) is 19.4. The second-order valence-electron chi connectivity index (χ2n) is 9.23. The van der Waals surface area contributed by atoms with Gasteiger partial charge in [-0.2, -0.15) is 0 Å². The van der Waals surface area contributed by atoms with E-state index >= 15 is 0 Å². The molecule has 1 aliphatic carbocycles. The minimum atomic E-state index is -3.23. The smallest absolute Gasteiger partial charge is 0.225 e. The number of benzene rings is 2. The number of ether oxygens (including phenoxy) is 1. The second-order valence-corrected chi connectivity index (χ2v) is 11.2. The number of nitrogens with zero attached hydrogens (tertiary/aromatic N) is 3. The molecule has 8 heteroatoms. The molecule has 1 saturated carbocycles. The highest BCUT2D eigenvalue weighted by Gasteiger charge is 2.56. The molecule has 2 heterocycles. The van der Waals surface area contributed by atoms with Gasteiger partial charge >= 0.3 is 0 Å². The van der Waals surface area contributed by atoms with Crippen molar-refractivity contribution >= 4 is 15.8 Å². The molecule has 0 bridgehead atoms. The van der Waals surface area contributed by atoms with Crippen LogP contribution in [0.1, 0.15) is 18.1 Å². The Morgan fingerprint density at radius 1 is 1.03 bits per heavy atom. The van der Waals surface area contributed by atoms with Crippen LogP contribution in [-0.4, -0.2) is 49.4 Å². The summed E-state index contributed by atoms with van der Waals surface area (Å²) in [5.74, 6) is 3.21. The number of aliphatic hydroxyl groups excluding tert-OH is 1. The molecule has 2 aromatic carbocycles. The average Bonchev–Trinajstić information content (AvgIpc) is 3.30. The molecule has 0 radical (unpaired) electrons. The van der Waals surface area contributed by atoms with Crippen LogP contribution in [0.3, 0.4) is 0 Å². The van der Waals surface area contributed by atoms with Crippen LogP contribution in [0.15, 0.2) is 59.8 Å². The van der Waals surface area contributed by atoms with Crippen molar-refractivity contribution in [1.82, 2.24) is 9.97 Å². The van der Waals surface area contributed by atoms with E-state index in [1.165, 1.54) is 6.26 Å². The quantitative estimate of drug-likeness (QED) is 0.530. The van der Waals surface area contributed by atoms with E-state index in [1.807, 2.05) is 30.6 Å². The van der Waals surface area contributed by atoms with Crippen LogP contribution in [0.25, 0.3) is 11.1 Å². The molecule has 1 aliphatic heterocycles. The Morgan fingerprint density at radius 2 is 1.68 bits per heavy atom. The van der Waals surface area contributed by atoms with Crippen molar-refractivity contribution < 1.29 is 18.3 Å². The van der Waals surface area contributed by atoms with Crippen molar-refractivity contribution in [2.24, 2.45) is 17.8 Å². The van der Waals surface area contributed by atoms with E-state index in [1.54, 1.807) is 24.3 Å². The summed E-state index contributed by atoms with van der Waals surface area (Å²) < 4.78 is 29.5. The molecule has 2 atom stereocenters. The Balaban J connectivity index is 1.19. The van der Waals surface area contributed by atoms with E-state index in [4.69, 9.17) is 4.74 Å². The summed E-state index contributed by atoms with van der Waals surface area (Å²) in [4.78, 5) is 11.6. The van der Waals surface area contributed by atoms with Gasteiger partial charge in [0.05, 0.1) is 18.1 Å². The van der Waals surface area contributed by atoms with Gasteiger partial charge in [0.1, 0.15) is 5.75 Å². The number of piperidine rings is 1. The second kappa shape index (κ2) is 9.00. The van der Waals surface area contributed by atoms with E-state index in [2.05, 4.69) is 21.8 Å². The van der Waals surface area contributed by atoms with Gasteiger partial charge in [0.2, 0.25) is 5.95 Å². The summed E-state index contributed by atoms with van der Waals surface area (Å²) in [5, 5.41) is 9.90. The molecule has 3 aromatic rings. The fourth-order valence-electron chi connectivity index (χ4n) is 4.86. The van der Waals surface area contributed by atoms with E-state index in [9.17, 15) is 13.5 Å². The number of aliphatic hydroxyl groups is 1.